The minimum Gasteiger partial charge on any atom is -0.373 e. The molecule has 3 aromatic carbocycles. The lowest BCUT2D eigenvalue weighted by Crippen LogP contribution is -2.51. The standard InChI is InChI=1S/C26H33O3PSi/c1-5-27-31(28-6-2,29-7-3)22(4)23-18-20-26(21-19-23)30(24-14-10-8-11-15-24)25-16-12-9-13-17-25/h8-22H,5-7H2,1-4H3. The van der Waals surface area contributed by atoms with Crippen molar-refractivity contribution in [1.82, 2.24) is 0 Å². The van der Waals surface area contributed by atoms with Crippen molar-refractivity contribution in [1.29, 1.82) is 0 Å². The summed E-state index contributed by atoms with van der Waals surface area (Å²) in [5, 5.41) is 4.04. The average molecular weight is 453 g/mol. The van der Waals surface area contributed by atoms with Crippen molar-refractivity contribution >= 4 is 32.6 Å². The van der Waals surface area contributed by atoms with Crippen molar-refractivity contribution in [3.05, 3.63) is 90.5 Å². The lowest BCUT2D eigenvalue weighted by molar-refractivity contribution is 0.0633. The van der Waals surface area contributed by atoms with Crippen LogP contribution in [-0.4, -0.2) is 28.6 Å². The molecular weight excluding hydrogens is 419 g/mol. The van der Waals surface area contributed by atoms with Crippen LogP contribution in [0, 0.1) is 0 Å². The Labute approximate surface area is 189 Å². The molecule has 0 aliphatic rings. The second-order valence-corrected chi connectivity index (χ2v) is 12.4. The predicted octanol–water partition coefficient (Wildman–Crippen LogP) is 5.14. The van der Waals surface area contributed by atoms with Crippen molar-refractivity contribution in [3.63, 3.8) is 0 Å². The minimum absolute atomic E-state index is 0.0704. The van der Waals surface area contributed by atoms with Crippen LogP contribution in [0.2, 0.25) is 0 Å². The summed E-state index contributed by atoms with van der Waals surface area (Å²) in [6.45, 7) is 9.93. The van der Waals surface area contributed by atoms with Gasteiger partial charge in [-0.3, -0.25) is 0 Å². The van der Waals surface area contributed by atoms with Gasteiger partial charge in [0.25, 0.3) is 0 Å². The smallest absolute Gasteiger partial charge is 0.373 e. The summed E-state index contributed by atoms with van der Waals surface area (Å²) in [4.78, 5) is 0. The maximum absolute atomic E-state index is 6.14. The first-order valence-electron chi connectivity index (χ1n) is 11.1. The number of rotatable bonds is 11. The Hall–Kier alpha value is -1.81. The molecule has 0 aromatic heterocycles. The van der Waals surface area contributed by atoms with E-state index in [1.807, 2.05) is 20.8 Å². The van der Waals surface area contributed by atoms with E-state index in [0.717, 1.165) is 0 Å². The fourth-order valence-corrected chi connectivity index (χ4v) is 8.91. The molecule has 0 heterocycles. The van der Waals surface area contributed by atoms with Gasteiger partial charge in [-0.1, -0.05) is 91.9 Å². The van der Waals surface area contributed by atoms with Crippen LogP contribution in [0.15, 0.2) is 84.9 Å². The first kappa shape index (κ1) is 23.8. The molecule has 5 heteroatoms. The van der Waals surface area contributed by atoms with Gasteiger partial charge in [-0.2, -0.15) is 0 Å². The van der Waals surface area contributed by atoms with Gasteiger partial charge < -0.3 is 13.3 Å². The summed E-state index contributed by atoms with van der Waals surface area (Å²) in [5.74, 6) is 0. The molecule has 0 amide bonds. The van der Waals surface area contributed by atoms with Gasteiger partial charge in [0, 0.05) is 19.8 Å². The van der Waals surface area contributed by atoms with Crippen LogP contribution in [0.4, 0.5) is 0 Å². The zero-order valence-corrected chi connectivity index (χ0v) is 20.8. The van der Waals surface area contributed by atoms with E-state index < -0.39 is 16.7 Å². The van der Waals surface area contributed by atoms with Gasteiger partial charge in [-0.15, -0.1) is 0 Å². The largest absolute Gasteiger partial charge is 0.508 e. The third kappa shape index (κ3) is 5.71. The normalized spacial score (nSPS) is 12.8. The Balaban J connectivity index is 1.96. The Morgan fingerprint density at radius 3 is 1.39 bits per heavy atom. The van der Waals surface area contributed by atoms with E-state index >= 15 is 0 Å². The summed E-state index contributed by atoms with van der Waals surface area (Å²) in [5.41, 5.74) is 1.27. The second-order valence-electron chi connectivity index (χ2n) is 7.22. The van der Waals surface area contributed by atoms with Crippen molar-refractivity contribution < 1.29 is 13.3 Å². The van der Waals surface area contributed by atoms with Crippen LogP contribution in [-0.2, 0) is 13.3 Å². The average Bonchev–Trinajstić information content (AvgIpc) is 2.81. The van der Waals surface area contributed by atoms with Crippen molar-refractivity contribution in [3.8, 4) is 0 Å². The molecular formula is C26H33O3PSi. The zero-order chi connectivity index (χ0) is 22.1. The molecule has 3 rings (SSSR count). The topological polar surface area (TPSA) is 27.7 Å². The van der Waals surface area contributed by atoms with Crippen LogP contribution >= 0.6 is 7.92 Å². The van der Waals surface area contributed by atoms with E-state index in [4.69, 9.17) is 13.3 Å². The molecule has 0 radical (unpaired) electrons. The third-order valence-corrected chi connectivity index (χ3v) is 11.2. The van der Waals surface area contributed by atoms with E-state index in [1.165, 1.54) is 21.5 Å². The Morgan fingerprint density at radius 1 is 0.613 bits per heavy atom. The van der Waals surface area contributed by atoms with Gasteiger partial charge in [-0.25, -0.2) is 0 Å². The van der Waals surface area contributed by atoms with Crippen LogP contribution in [0.5, 0.6) is 0 Å². The highest BCUT2D eigenvalue weighted by Crippen LogP contribution is 2.34. The quantitative estimate of drug-likeness (QED) is 0.298. The van der Waals surface area contributed by atoms with Gasteiger partial charge in [0.1, 0.15) is 0 Å². The van der Waals surface area contributed by atoms with Gasteiger partial charge in [0.05, 0.1) is 5.54 Å². The SMILES string of the molecule is CCO[Si](OCC)(OCC)C(C)c1ccc(P(c2ccccc2)c2ccccc2)cc1. The molecule has 0 N–H and O–H groups in total. The molecule has 164 valence electrons. The molecule has 0 aliphatic heterocycles. The maximum Gasteiger partial charge on any atom is 0.508 e. The summed E-state index contributed by atoms with van der Waals surface area (Å²) < 4.78 is 18.4. The van der Waals surface area contributed by atoms with Gasteiger partial charge in [-0.05, 0) is 50.2 Å². The molecule has 0 fully saturated rings. The zero-order valence-electron chi connectivity index (χ0n) is 19.0. The molecule has 3 aromatic rings. The molecule has 0 saturated carbocycles. The van der Waals surface area contributed by atoms with E-state index in [1.54, 1.807) is 0 Å². The van der Waals surface area contributed by atoms with E-state index in [0.29, 0.717) is 19.8 Å². The second kappa shape index (κ2) is 11.7. The Morgan fingerprint density at radius 2 is 1.00 bits per heavy atom. The van der Waals surface area contributed by atoms with Crippen molar-refractivity contribution in [2.75, 3.05) is 19.8 Å². The first-order valence-corrected chi connectivity index (χ1v) is 14.2. The monoisotopic (exact) mass is 452 g/mol. The van der Waals surface area contributed by atoms with Crippen LogP contribution < -0.4 is 15.9 Å². The Bertz CT molecular complexity index is 846. The molecule has 0 aliphatic carbocycles. The first-order chi connectivity index (χ1) is 15.1. The fraction of sp³-hybridized carbons (Fsp3) is 0.308. The molecule has 1 unspecified atom stereocenters. The molecule has 0 bridgehead atoms. The number of hydrogen-bond acceptors (Lipinski definition) is 3. The summed E-state index contributed by atoms with van der Waals surface area (Å²) in [6.07, 6.45) is 0. The van der Waals surface area contributed by atoms with Crippen molar-refractivity contribution in [2.45, 2.75) is 33.2 Å². The van der Waals surface area contributed by atoms with E-state index in [2.05, 4.69) is 91.9 Å². The van der Waals surface area contributed by atoms with Crippen LogP contribution in [0.1, 0.15) is 38.8 Å². The lowest BCUT2D eigenvalue weighted by Gasteiger charge is -2.33. The molecule has 0 spiro atoms. The van der Waals surface area contributed by atoms with E-state index in [-0.39, 0.29) is 5.54 Å². The highest BCUT2D eigenvalue weighted by atomic mass is 31.1. The maximum atomic E-state index is 6.14. The van der Waals surface area contributed by atoms with Gasteiger partial charge in [0.2, 0.25) is 0 Å². The van der Waals surface area contributed by atoms with Gasteiger partial charge >= 0.3 is 8.80 Å². The minimum atomic E-state index is -2.81. The highest BCUT2D eigenvalue weighted by molar-refractivity contribution is 7.79. The van der Waals surface area contributed by atoms with E-state index in [9.17, 15) is 0 Å². The third-order valence-electron chi connectivity index (χ3n) is 5.25. The molecule has 31 heavy (non-hydrogen) atoms. The lowest BCUT2D eigenvalue weighted by atomic mass is 10.2. The van der Waals surface area contributed by atoms with Crippen LogP contribution in [0.25, 0.3) is 0 Å². The summed E-state index contributed by atoms with van der Waals surface area (Å²) in [6, 6.07) is 30.5. The number of benzene rings is 3. The number of hydrogen-bond donors (Lipinski definition) is 0. The van der Waals surface area contributed by atoms with Crippen molar-refractivity contribution in [2.24, 2.45) is 0 Å². The molecule has 3 nitrogen and oxygen atoms in total. The highest BCUT2D eigenvalue weighted by Gasteiger charge is 2.47. The fourth-order valence-electron chi connectivity index (χ4n) is 3.82. The molecule has 0 saturated heterocycles. The summed E-state index contributed by atoms with van der Waals surface area (Å²) >= 11 is 0. The predicted molar refractivity (Wildman–Crippen MR) is 134 cm³/mol. The Kier molecular flexibility index (Phi) is 9.00. The molecule has 1 atom stereocenters. The summed E-state index contributed by atoms with van der Waals surface area (Å²) in [7, 11) is -3.42. The van der Waals surface area contributed by atoms with Gasteiger partial charge in [0.15, 0.2) is 0 Å². The van der Waals surface area contributed by atoms with Crippen LogP contribution in [0.3, 0.4) is 0 Å².